The number of hydrogen-bond donors (Lipinski definition) is 0. The van der Waals surface area contributed by atoms with Gasteiger partial charge >= 0.3 is 5.97 Å². The summed E-state index contributed by atoms with van der Waals surface area (Å²) in [6.07, 6.45) is 1.42. The molecule has 0 saturated carbocycles. The van der Waals surface area contributed by atoms with E-state index in [0.717, 1.165) is 17.5 Å². The molecule has 0 bridgehead atoms. The molecule has 4 heteroatoms. The van der Waals surface area contributed by atoms with Crippen LogP contribution in [-0.2, 0) is 20.7 Å². The molecule has 17 heavy (non-hydrogen) atoms. The van der Waals surface area contributed by atoms with Gasteiger partial charge in [-0.1, -0.05) is 17.7 Å². The Kier molecular flexibility index (Phi) is 3.38. The molecular formula is C13H13ClO3. The predicted molar refractivity (Wildman–Crippen MR) is 65.7 cm³/mol. The Labute approximate surface area is 105 Å². The zero-order valence-electron chi connectivity index (χ0n) is 9.75. The van der Waals surface area contributed by atoms with E-state index in [1.807, 2.05) is 18.2 Å². The Morgan fingerprint density at radius 1 is 1.29 bits per heavy atom. The zero-order valence-corrected chi connectivity index (χ0v) is 10.5. The van der Waals surface area contributed by atoms with Gasteiger partial charge in [0.1, 0.15) is 5.76 Å². The first-order valence-corrected chi connectivity index (χ1v) is 5.69. The molecule has 0 fully saturated rings. The fourth-order valence-corrected chi connectivity index (χ4v) is 2.24. The lowest BCUT2D eigenvalue weighted by Gasteiger charge is -2.21. The molecular weight excluding hydrogens is 240 g/mol. The summed E-state index contributed by atoms with van der Waals surface area (Å²) in [6, 6.07) is 5.62. The third kappa shape index (κ3) is 2.15. The first-order chi connectivity index (χ1) is 8.17. The molecule has 0 amide bonds. The van der Waals surface area contributed by atoms with Crippen LogP contribution in [0.2, 0.25) is 5.02 Å². The summed E-state index contributed by atoms with van der Waals surface area (Å²) in [5.41, 5.74) is 2.59. The Morgan fingerprint density at radius 3 is 2.71 bits per heavy atom. The molecule has 0 saturated heterocycles. The standard InChI is InChI=1S/C13H13ClO3/c1-16-12-10(13(15)17-2)6-4-8-3-5-9(14)7-11(8)12/h3,5,7H,4,6H2,1-2H3. The summed E-state index contributed by atoms with van der Waals surface area (Å²) in [4.78, 5) is 11.6. The van der Waals surface area contributed by atoms with Gasteiger partial charge in [0.2, 0.25) is 0 Å². The molecule has 1 aliphatic rings. The molecule has 0 aliphatic heterocycles. The van der Waals surface area contributed by atoms with Crippen LogP contribution in [0.15, 0.2) is 23.8 Å². The quantitative estimate of drug-likeness (QED) is 0.760. The fourth-order valence-electron chi connectivity index (χ4n) is 2.06. The lowest BCUT2D eigenvalue weighted by Crippen LogP contribution is -2.14. The van der Waals surface area contributed by atoms with E-state index in [-0.39, 0.29) is 5.97 Å². The van der Waals surface area contributed by atoms with Crippen molar-refractivity contribution in [3.8, 4) is 0 Å². The monoisotopic (exact) mass is 252 g/mol. The third-order valence-corrected chi connectivity index (χ3v) is 3.11. The number of rotatable bonds is 2. The van der Waals surface area contributed by atoms with E-state index in [9.17, 15) is 4.79 Å². The van der Waals surface area contributed by atoms with Gasteiger partial charge in [-0.3, -0.25) is 0 Å². The van der Waals surface area contributed by atoms with Crippen molar-refractivity contribution in [1.29, 1.82) is 0 Å². The van der Waals surface area contributed by atoms with Crippen LogP contribution >= 0.6 is 11.6 Å². The first kappa shape index (κ1) is 12.0. The molecule has 1 aliphatic carbocycles. The van der Waals surface area contributed by atoms with E-state index in [0.29, 0.717) is 22.8 Å². The molecule has 2 rings (SSSR count). The highest BCUT2D eigenvalue weighted by atomic mass is 35.5. The molecule has 0 heterocycles. The second kappa shape index (κ2) is 4.80. The Morgan fingerprint density at radius 2 is 2.06 bits per heavy atom. The van der Waals surface area contributed by atoms with Crippen LogP contribution in [0, 0.1) is 0 Å². The number of aryl methyl sites for hydroxylation is 1. The average molecular weight is 253 g/mol. The van der Waals surface area contributed by atoms with Gasteiger partial charge in [0.05, 0.1) is 19.8 Å². The van der Waals surface area contributed by atoms with Crippen molar-refractivity contribution in [2.45, 2.75) is 12.8 Å². The molecule has 1 aromatic carbocycles. The Hall–Kier alpha value is -1.48. The maximum absolute atomic E-state index is 11.6. The SMILES string of the molecule is COC(=O)C1=C(OC)c2cc(Cl)ccc2CC1. The normalized spacial score (nSPS) is 14.3. The van der Waals surface area contributed by atoms with Gasteiger partial charge in [0.25, 0.3) is 0 Å². The van der Waals surface area contributed by atoms with Crippen LogP contribution in [0.3, 0.4) is 0 Å². The second-order valence-electron chi connectivity index (χ2n) is 3.80. The van der Waals surface area contributed by atoms with Gasteiger partial charge in [-0.15, -0.1) is 0 Å². The number of benzene rings is 1. The van der Waals surface area contributed by atoms with Gasteiger partial charge in [0, 0.05) is 10.6 Å². The van der Waals surface area contributed by atoms with Crippen molar-refractivity contribution in [1.82, 2.24) is 0 Å². The summed E-state index contributed by atoms with van der Waals surface area (Å²) in [5.74, 6) is 0.230. The highest BCUT2D eigenvalue weighted by Crippen LogP contribution is 2.33. The maximum Gasteiger partial charge on any atom is 0.337 e. The second-order valence-corrected chi connectivity index (χ2v) is 4.24. The van der Waals surface area contributed by atoms with Crippen LogP contribution in [0.25, 0.3) is 5.76 Å². The van der Waals surface area contributed by atoms with Gasteiger partial charge < -0.3 is 9.47 Å². The van der Waals surface area contributed by atoms with E-state index in [1.54, 1.807) is 7.11 Å². The number of esters is 1. The molecule has 3 nitrogen and oxygen atoms in total. The minimum atomic E-state index is -0.340. The molecule has 0 radical (unpaired) electrons. The van der Waals surface area contributed by atoms with Gasteiger partial charge in [-0.25, -0.2) is 4.79 Å². The summed E-state index contributed by atoms with van der Waals surface area (Å²) < 4.78 is 10.1. The minimum Gasteiger partial charge on any atom is -0.496 e. The number of fused-ring (bicyclic) bond motifs is 1. The number of halogens is 1. The van der Waals surface area contributed by atoms with Gasteiger partial charge in [-0.2, -0.15) is 0 Å². The lowest BCUT2D eigenvalue weighted by molar-refractivity contribution is -0.136. The van der Waals surface area contributed by atoms with E-state index >= 15 is 0 Å². The summed E-state index contributed by atoms with van der Waals surface area (Å²) in [7, 11) is 2.92. The number of carbonyl (C=O) groups is 1. The molecule has 0 spiro atoms. The highest BCUT2D eigenvalue weighted by Gasteiger charge is 2.25. The van der Waals surface area contributed by atoms with Crippen LogP contribution in [-0.4, -0.2) is 20.2 Å². The molecule has 0 aromatic heterocycles. The van der Waals surface area contributed by atoms with E-state index in [2.05, 4.69) is 0 Å². The topological polar surface area (TPSA) is 35.5 Å². The van der Waals surface area contributed by atoms with Crippen LogP contribution in [0.4, 0.5) is 0 Å². The number of ether oxygens (including phenoxy) is 2. The number of hydrogen-bond acceptors (Lipinski definition) is 3. The molecule has 0 N–H and O–H groups in total. The van der Waals surface area contributed by atoms with E-state index in [1.165, 1.54) is 7.11 Å². The van der Waals surface area contributed by atoms with E-state index in [4.69, 9.17) is 21.1 Å². The van der Waals surface area contributed by atoms with Crippen molar-refractivity contribution in [3.63, 3.8) is 0 Å². The molecule has 0 unspecified atom stereocenters. The largest absolute Gasteiger partial charge is 0.496 e. The third-order valence-electron chi connectivity index (χ3n) is 2.87. The van der Waals surface area contributed by atoms with Crippen molar-refractivity contribution in [3.05, 3.63) is 39.9 Å². The fraction of sp³-hybridized carbons (Fsp3) is 0.308. The van der Waals surface area contributed by atoms with Gasteiger partial charge in [0.15, 0.2) is 0 Å². The number of carbonyl (C=O) groups excluding carboxylic acids is 1. The van der Waals surface area contributed by atoms with Gasteiger partial charge in [-0.05, 0) is 30.5 Å². The predicted octanol–water partition coefficient (Wildman–Crippen LogP) is 2.82. The highest BCUT2D eigenvalue weighted by molar-refractivity contribution is 6.30. The minimum absolute atomic E-state index is 0.340. The maximum atomic E-state index is 11.6. The van der Waals surface area contributed by atoms with Crippen LogP contribution in [0.1, 0.15) is 17.5 Å². The first-order valence-electron chi connectivity index (χ1n) is 5.31. The van der Waals surface area contributed by atoms with Crippen molar-refractivity contribution < 1.29 is 14.3 Å². The summed E-state index contributed by atoms with van der Waals surface area (Å²) in [5, 5.41) is 0.629. The van der Waals surface area contributed by atoms with Crippen LogP contribution < -0.4 is 0 Å². The molecule has 0 atom stereocenters. The lowest BCUT2D eigenvalue weighted by atomic mass is 9.90. The molecule has 1 aromatic rings. The smallest absolute Gasteiger partial charge is 0.337 e. The summed E-state index contributed by atoms with van der Waals surface area (Å²) >= 11 is 5.97. The van der Waals surface area contributed by atoms with E-state index < -0.39 is 0 Å². The van der Waals surface area contributed by atoms with Crippen molar-refractivity contribution in [2.24, 2.45) is 0 Å². The Balaban J connectivity index is 2.56. The zero-order chi connectivity index (χ0) is 12.4. The summed E-state index contributed by atoms with van der Waals surface area (Å²) in [6.45, 7) is 0. The van der Waals surface area contributed by atoms with Crippen molar-refractivity contribution in [2.75, 3.05) is 14.2 Å². The molecule has 90 valence electrons. The van der Waals surface area contributed by atoms with Crippen LogP contribution in [0.5, 0.6) is 0 Å². The Bertz CT molecular complexity index is 491. The van der Waals surface area contributed by atoms with Crippen molar-refractivity contribution >= 4 is 23.3 Å². The number of methoxy groups -OCH3 is 2. The average Bonchev–Trinajstić information content (AvgIpc) is 2.36.